The third-order valence-electron chi connectivity index (χ3n) is 5.33. The Kier molecular flexibility index (Phi) is 6.76. The smallest absolute Gasteiger partial charge is 0.221 e. The summed E-state index contributed by atoms with van der Waals surface area (Å²) in [4.78, 5) is 30.5. The number of carbonyl (C=O) groups is 2. The Hall–Kier alpha value is -3.23. The molecule has 1 aromatic carbocycles. The highest BCUT2D eigenvalue weighted by atomic mass is 32.1. The summed E-state index contributed by atoms with van der Waals surface area (Å²) in [5.74, 6) is 0.130. The van der Waals surface area contributed by atoms with E-state index in [2.05, 4.69) is 26.3 Å². The summed E-state index contributed by atoms with van der Waals surface area (Å²) in [5.41, 5.74) is 4.84. The average Bonchev–Trinajstić information content (AvgIpc) is 3.50. The molecule has 0 fully saturated rings. The SMILES string of the molecule is CC(=O)Nc1cc(-c2csc(C)n2)ccc1OCC(=O)c1cc(C)n(Cc2cccs2)c1C. The van der Waals surface area contributed by atoms with E-state index in [4.69, 9.17) is 4.74 Å². The fourth-order valence-corrected chi connectivity index (χ4v) is 5.02. The van der Waals surface area contributed by atoms with Gasteiger partial charge in [-0.3, -0.25) is 9.59 Å². The van der Waals surface area contributed by atoms with Crippen LogP contribution in [0.4, 0.5) is 5.69 Å². The number of nitrogens with one attached hydrogen (secondary N) is 1. The summed E-state index contributed by atoms with van der Waals surface area (Å²) in [6.07, 6.45) is 0. The highest BCUT2D eigenvalue weighted by Crippen LogP contribution is 2.32. The van der Waals surface area contributed by atoms with Gasteiger partial charge in [-0.2, -0.15) is 0 Å². The molecule has 0 bridgehead atoms. The van der Waals surface area contributed by atoms with Gasteiger partial charge in [-0.1, -0.05) is 6.07 Å². The molecular weight excluding hydrogens is 454 g/mol. The maximum atomic E-state index is 13.0. The zero-order valence-electron chi connectivity index (χ0n) is 19.0. The standard InChI is InChI=1S/C25H25N3O3S2/c1-15-10-21(16(2)28(15)12-20-6-5-9-32-20)24(30)13-31-25-8-7-19(11-22(25)26-17(3)29)23-14-33-18(4)27-23/h5-11,14H,12-13H2,1-4H3,(H,26,29). The van der Waals surface area contributed by atoms with Gasteiger partial charge in [0.25, 0.3) is 0 Å². The van der Waals surface area contributed by atoms with Crippen molar-refractivity contribution in [3.63, 3.8) is 0 Å². The Morgan fingerprint density at radius 3 is 2.61 bits per heavy atom. The molecule has 3 heterocycles. The van der Waals surface area contributed by atoms with Crippen LogP contribution < -0.4 is 10.1 Å². The van der Waals surface area contributed by atoms with E-state index < -0.39 is 0 Å². The van der Waals surface area contributed by atoms with Gasteiger partial charge in [0.15, 0.2) is 6.61 Å². The van der Waals surface area contributed by atoms with Crippen molar-refractivity contribution in [3.05, 3.63) is 74.0 Å². The topological polar surface area (TPSA) is 73.2 Å². The van der Waals surface area contributed by atoms with Gasteiger partial charge < -0.3 is 14.6 Å². The zero-order valence-corrected chi connectivity index (χ0v) is 20.6. The first kappa shape index (κ1) is 22.9. The molecule has 4 rings (SSSR count). The Morgan fingerprint density at radius 1 is 1.12 bits per heavy atom. The van der Waals surface area contributed by atoms with E-state index >= 15 is 0 Å². The minimum Gasteiger partial charge on any atom is -0.483 e. The molecule has 3 aromatic heterocycles. The average molecular weight is 480 g/mol. The fraction of sp³-hybridized carbons (Fsp3) is 0.240. The zero-order chi connectivity index (χ0) is 23.5. The number of aromatic nitrogens is 2. The lowest BCUT2D eigenvalue weighted by molar-refractivity contribution is -0.114. The van der Waals surface area contributed by atoms with E-state index in [9.17, 15) is 9.59 Å². The predicted molar refractivity (Wildman–Crippen MR) is 134 cm³/mol. The molecule has 4 aromatic rings. The van der Waals surface area contributed by atoms with E-state index in [-0.39, 0.29) is 18.3 Å². The number of nitrogens with zero attached hydrogens (tertiary/aromatic N) is 2. The predicted octanol–water partition coefficient (Wildman–Crippen LogP) is 5.87. The van der Waals surface area contributed by atoms with Gasteiger partial charge in [-0.25, -0.2) is 4.98 Å². The quantitative estimate of drug-likeness (QED) is 0.321. The Balaban J connectivity index is 1.52. The van der Waals surface area contributed by atoms with Crippen molar-refractivity contribution < 1.29 is 14.3 Å². The van der Waals surface area contributed by atoms with E-state index in [1.54, 1.807) is 28.7 Å². The second kappa shape index (κ2) is 9.72. The number of anilines is 1. The summed E-state index contributed by atoms with van der Waals surface area (Å²) >= 11 is 3.26. The molecule has 1 amide bonds. The first-order valence-corrected chi connectivity index (χ1v) is 12.3. The second-order valence-corrected chi connectivity index (χ2v) is 9.90. The van der Waals surface area contributed by atoms with Gasteiger partial charge in [0.1, 0.15) is 5.75 Å². The van der Waals surface area contributed by atoms with Crippen LogP contribution in [0.1, 0.15) is 38.6 Å². The van der Waals surface area contributed by atoms with Crippen LogP contribution in [0.3, 0.4) is 0 Å². The molecule has 8 heteroatoms. The maximum Gasteiger partial charge on any atom is 0.221 e. The largest absolute Gasteiger partial charge is 0.483 e. The number of ether oxygens (including phenoxy) is 1. The minimum absolute atomic E-state index is 0.103. The Labute approximate surface area is 200 Å². The molecule has 0 aliphatic rings. The van der Waals surface area contributed by atoms with Gasteiger partial charge >= 0.3 is 0 Å². The number of thiazole rings is 1. The van der Waals surface area contributed by atoms with Gasteiger partial charge in [0.2, 0.25) is 11.7 Å². The summed E-state index contributed by atoms with van der Waals surface area (Å²) in [7, 11) is 0. The molecule has 0 unspecified atom stereocenters. The van der Waals surface area contributed by atoms with Gasteiger partial charge in [0, 0.05) is 39.7 Å². The number of thiophene rings is 1. The number of ketones is 1. The number of amides is 1. The number of rotatable bonds is 8. The molecular formula is C25H25N3O3S2. The van der Waals surface area contributed by atoms with Crippen LogP contribution in [0.2, 0.25) is 0 Å². The monoisotopic (exact) mass is 479 g/mol. The van der Waals surface area contributed by atoms with Crippen LogP contribution in [-0.2, 0) is 11.3 Å². The van der Waals surface area contributed by atoms with Crippen LogP contribution in [0.5, 0.6) is 5.75 Å². The van der Waals surface area contributed by atoms with E-state index in [1.165, 1.54) is 11.8 Å². The molecule has 170 valence electrons. The molecule has 0 saturated heterocycles. The minimum atomic E-state index is -0.213. The lowest BCUT2D eigenvalue weighted by Gasteiger charge is -2.13. The van der Waals surface area contributed by atoms with Gasteiger partial charge in [-0.15, -0.1) is 22.7 Å². The van der Waals surface area contributed by atoms with Crippen molar-refractivity contribution in [2.75, 3.05) is 11.9 Å². The molecule has 0 spiro atoms. The van der Waals surface area contributed by atoms with Crippen LogP contribution in [0.15, 0.2) is 47.2 Å². The molecule has 33 heavy (non-hydrogen) atoms. The first-order chi connectivity index (χ1) is 15.8. The van der Waals surface area contributed by atoms with Crippen molar-refractivity contribution in [1.82, 2.24) is 9.55 Å². The highest BCUT2D eigenvalue weighted by Gasteiger charge is 2.18. The van der Waals surface area contributed by atoms with Crippen molar-refractivity contribution in [2.24, 2.45) is 0 Å². The molecule has 0 aliphatic heterocycles. The molecule has 6 nitrogen and oxygen atoms in total. The Bertz CT molecular complexity index is 1300. The number of aryl methyl sites for hydroxylation is 2. The van der Waals surface area contributed by atoms with Crippen LogP contribution >= 0.6 is 22.7 Å². The lowest BCUT2D eigenvalue weighted by Crippen LogP contribution is -2.15. The number of hydrogen-bond donors (Lipinski definition) is 1. The molecule has 1 N–H and O–H groups in total. The van der Waals surface area contributed by atoms with Crippen LogP contribution in [-0.4, -0.2) is 27.8 Å². The number of hydrogen-bond acceptors (Lipinski definition) is 6. The van der Waals surface area contributed by atoms with Crippen molar-refractivity contribution in [3.8, 4) is 17.0 Å². The number of benzene rings is 1. The van der Waals surface area contributed by atoms with Crippen molar-refractivity contribution in [2.45, 2.75) is 34.2 Å². The van der Waals surface area contributed by atoms with E-state index in [1.807, 2.05) is 50.4 Å². The van der Waals surface area contributed by atoms with E-state index in [0.29, 0.717) is 17.0 Å². The highest BCUT2D eigenvalue weighted by molar-refractivity contribution is 7.10. The second-order valence-electron chi connectivity index (χ2n) is 7.81. The van der Waals surface area contributed by atoms with Crippen LogP contribution in [0, 0.1) is 20.8 Å². The number of Topliss-reactive ketones (excluding diaryl/α,β-unsaturated/α-hetero) is 1. The molecule has 0 aliphatic carbocycles. The summed E-state index contributed by atoms with van der Waals surface area (Å²) < 4.78 is 8.02. The summed E-state index contributed by atoms with van der Waals surface area (Å²) in [6.45, 7) is 7.98. The third-order valence-corrected chi connectivity index (χ3v) is 6.97. The third kappa shape index (κ3) is 5.23. The first-order valence-electron chi connectivity index (χ1n) is 10.5. The van der Waals surface area contributed by atoms with Crippen molar-refractivity contribution in [1.29, 1.82) is 0 Å². The lowest BCUT2D eigenvalue weighted by atomic mass is 10.1. The van der Waals surface area contributed by atoms with Gasteiger partial charge in [-0.05, 0) is 56.5 Å². The van der Waals surface area contributed by atoms with E-state index in [0.717, 1.165) is 34.2 Å². The summed E-state index contributed by atoms with van der Waals surface area (Å²) in [6, 6.07) is 11.5. The Morgan fingerprint density at radius 2 is 1.94 bits per heavy atom. The fourth-order valence-electron chi connectivity index (χ4n) is 3.70. The summed E-state index contributed by atoms with van der Waals surface area (Å²) in [5, 5.41) is 7.79. The van der Waals surface area contributed by atoms with Crippen molar-refractivity contribution >= 4 is 40.1 Å². The number of carbonyl (C=O) groups excluding carboxylic acids is 2. The van der Waals surface area contributed by atoms with Gasteiger partial charge in [0.05, 0.1) is 22.9 Å². The molecule has 0 saturated carbocycles. The molecule has 0 atom stereocenters. The maximum absolute atomic E-state index is 13.0. The normalized spacial score (nSPS) is 10.9. The molecule has 0 radical (unpaired) electrons. The van der Waals surface area contributed by atoms with Crippen LogP contribution in [0.25, 0.3) is 11.3 Å².